The van der Waals surface area contributed by atoms with Crippen LogP contribution in [-0.2, 0) is 22.2 Å². The van der Waals surface area contributed by atoms with Crippen LogP contribution in [0.5, 0.6) is 0 Å². The fraction of sp³-hybridized carbons (Fsp3) is 0.375. The maximum absolute atomic E-state index is 13.5. The number of ether oxygens (including phenoxy) is 2. The first-order valence-electron chi connectivity index (χ1n) is 11.1. The molecular formula is C24H22F4N4O3S. The van der Waals surface area contributed by atoms with E-state index in [4.69, 9.17) is 9.47 Å². The van der Waals surface area contributed by atoms with Gasteiger partial charge in [-0.05, 0) is 42.3 Å². The highest BCUT2D eigenvalue weighted by Crippen LogP contribution is 2.42. The zero-order valence-corrected chi connectivity index (χ0v) is 20.0. The monoisotopic (exact) mass is 522 g/mol. The molecule has 1 fully saturated rings. The molecule has 4 heterocycles. The van der Waals surface area contributed by atoms with Crippen molar-refractivity contribution in [2.75, 3.05) is 38.0 Å². The Morgan fingerprint density at radius 1 is 1.08 bits per heavy atom. The lowest BCUT2D eigenvalue weighted by Crippen LogP contribution is -2.51. The van der Waals surface area contributed by atoms with E-state index in [0.29, 0.717) is 48.3 Å². The van der Waals surface area contributed by atoms with Gasteiger partial charge in [-0.15, -0.1) is 11.3 Å². The Morgan fingerprint density at radius 3 is 2.44 bits per heavy atom. The van der Waals surface area contributed by atoms with E-state index in [1.165, 1.54) is 22.8 Å². The SMILES string of the molecule is Cc1nc(N2CC=C(c3ccc(F)cc3)C3(COCOC3)C2)nc(=O)n1Cc1ccc(C(F)(F)F)s1. The summed E-state index contributed by atoms with van der Waals surface area (Å²) in [6.07, 6.45) is -2.45. The van der Waals surface area contributed by atoms with Crippen LogP contribution in [0.1, 0.15) is 21.1 Å². The quantitative estimate of drug-likeness (QED) is 0.481. The van der Waals surface area contributed by atoms with Crippen molar-refractivity contribution in [3.05, 3.63) is 79.9 Å². The van der Waals surface area contributed by atoms with Gasteiger partial charge in [0.1, 0.15) is 23.3 Å². The van der Waals surface area contributed by atoms with Crippen molar-refractivity contribution in [3.63, 3.8) is 0 Å². The van der Waals surface area contributed by atoms with E-state index in [0.717, 1.165) is 17.2 Å². The number of alkyl halides is 3. The zero-order valence-electron chi connectivity index (χ0n) is 19.2. The summed E-state index contributed by atoms with van der Waals surface area (Å²) in [5, 5.41) is 0. The van der Waals surface area contributed by atoms with Gasteiger partial charge in [0.15, 0.2) is 0 Å². The summed E-state index contributed by atoms with van der Waals surface area (Å²) in [4.78, 5) is 23.0. The summed E-state index contributed by atoms with van der Waals surface area (Å²) in [7, 11) is 0. The second kappa shape index (κ2) is 9.41. The van der Waals surface area contributed by atoms with Gasteiger partial charge in [-0.25, -0.2) is 9.18 Å². The standard InChI is InChI=1S/C24H22F4N4O3S/c1-15-29-21(30-22(33)32(15)10-18-6-7-20(36-18)24(26,27)28)31-9-8-19(16-2-4-17(25)5-3-16)23(11-31)12-34-14-35-13-23/h2-8H,9-14H2,1H3. The minimum atomic E-state index is -4.43. The van der Waals surface area contributed by atoms with E-state index in [-0.39, 0.29) is 25.1 Å². The smallest absolute Gasteiger partial charge is 0.354 e. The van der Waals surface area contributed by atoms with Crippen LogP contribution < -0.4 is 10.6 Å². The highest BCUT2D eigenvalue weighted by atomic mass is 32.1. The number of rotatable bonds is 4. The number of anilines is 1. The number of halogens is 4. The third kappa shape index (κ3) is 4.80. The number of benzene rings is 1. The van der Waals surface area contributed by atoms with Crippen molar-refractivity contribution in [1.29, 1.82) is 0 Å². The van der Waals surface area contributed by atoms with Crippen LogP contribution in [0.15, 0.2) is 47.3 Å². The molecule has 3 aromatic rings. The normalized spacial score (nSPS) is 17.9. The fourth-order valence-corrected chi connectivity index (χ4v) is 5.43. The summed E-state index contributed by atoms with van der Waals surface area (Å²) in [5.74, 6) is 0.226. The molecule has 0 amide bonds. The van der Waals surface area contributed by atoms with Crippen molar-refractivity contribution in [2.45, 2.75) is 19.6 Å². The number of hydrogen-bond acceptors (Lipinski definition) is 7. The molecule has 190 valence electrons. The first kappa shape index (κ1) is 24.6. The molecule has 0 saturated carbocycles. The molecule has 1 spiro atoms. The van der Waals surface area contributed by atoms with E-state index in [1.54, 1.807) is 19.1 Å². The molecule has 7 nitrogen and oxygen atoms in total. The largest absolute Gasteiger partial charge is 0.425 e. The minimum Gasteiger partial charge on any atom is -0.354 e. The van der Waals surface area contributed by atoms with Crippen molar-refractivity contribution in [1.82, 2.24) is 14.5 Å². The van der Waals surface area contributed by atoms with Crippen molar-refractivity contribution in [3.8, 4) is 0 Å². The Kier molecular flexibility index (Phi) is 6.43. The highest BCUT2D eigenvalue weighted by Gasteiger charge is 2.43. The van der Waals surface area contributed by atoms with Gasteiger partial charge < -0.3 is 14.4 Å². The number of thiophene rings is 1. The molecule has 0 atom stereocenters. The Labute approximate surface area is 207 Å². The molecule has 2 aliphatic rings. The topological polar surface area (TPSA) is 69.5 Å². The van der Waals surface area contributed by atoms with Crippen LogP contribution in [0.2, 0.25) is 0 Å². The third-order valence-corrected chi connectivity index (χ3v) is 7.39. The molecule has 0 N–H and O–H groups in total. The number of nitrogens with zero attached hydrogens (tertiary/aromatic N) is 4. The van der Waals surface area contributed by atoms with Crippen LogP contribution in [0.4, 0.5) is 23.5 Å². The van der Waals surface area contributed by atoms with Gasteiger partial charge in [0, 0.05) is 18.0 Å². The summed E-state index contributed by atoms with van der Waals surface area (Å²) in [6.45, 7) is 3.27. The summed E-state index contributed by atoms with van der Waals surface area (Å²) < 4.78 is 64.8. The number of hydrogen-bond donors (Lipinski definition) is 0. The van der Waals surface area contributed by atoms with Gasteiger partial charge in [0.05, 0.1) is 25.2 Å². The lowest BCUT2D eigenvalue weighted by Gasteiger charge is -2.45. The third-order valence-electron chi connectivity index (χ3n) is 6.28. The molecule has 0 aliphatic carbocycles. The Hall–Kier alpha value is -3.09. The summed E-state index contributed by atoms with van der Waals surface area (Å²) in [5.41, 5.74) is 0.636. The fourth-order valence-electron chi connectivity index (χ4n) is 4.57. The molecule has 0 unspecified atom stereocenters. The van der Waals surface area contributed by atoms with E-state index >= 15 is 0 Å². The Bertz CT molecular complexity index is 1340. The summed E-state index contributed by atoms with van der Waals surface area (Å²) in [6, 6.07) is 8.58. The van der Waals surface area contributed by atoms with Gasteiger partial charge in [-0.1, -0.05) is 18.2 Å². The lowest BCUT2D eigenvalue weighted by molar-refractivity contribution is -0.144. The first-order chi connectivity index (χ1) is 17.1. The second-order valence-electron chi connectivity index (χ2n) is 8.80. The Balaban J connectivity index is 1.43. The minimum absolute atomic E-state index is 0.0497. The number of aryl methyl sites for hydroxylation is 1. The molecule has 1 aromatic carbocycles. The predicted octanol–water partition coefficient (Wildman–Crippen LogP) is 4.11. The molecule has 1 saturated heterocycles. The average Bonchev–Trinajstić information content (AvgIpc) is 3.32. The molecule has 0 bridgehead atoms. The average molecular weight is 523 g/mol. The molecule has 36 heavy (non-hydrogen) atoms. The van der Waals surface area contributed by atoms with Crippen molar-refractivity contribution >= 4 is 22.9 Å². The van der Waals surface area contributed by atoms with E-state index in [1.807, 2.05) is 11.0 Å². The van der Waals surface area contributed by atoms with Crippen LogP contribution in [-0.4, -0.2) is 47.6 Å². The predicted molar refractivity (Wildman–Crippen MR) is 125 cm³/mol. The van der Waals surface area contributed by atoms with Crippen LogP contribution in [0.25, 0.3) is 5.57 Å². The van der Waals surface area contributed by atoms with Gasteiger partial charge in [-0.3, -0.25) is 4.57 Å². The van der Waals surface area contributed by atoms with Gasteiger partial charge in [-0.2, -0.15) is 23.1 Å². The van der Waals surface area contributed by atoms with Crippen LogP contribution in [0, 0.1) is 18.2 Å². The molecule has 5 rings (SSSR count). The van der Waals surface area contributed by atoms with Gasteiger partial charge in [0.25, 0.3) is 0 Å². The zero-order chi connectivity index (χ0) is 25.5. The second-order valence-corrected chi connectivity index (χ2v) is 9.97. The molecular weight excluding hydrogens is 500 g/mol. The molecule has 12 heteroatoms. The maximum atomic E-state index is 13.5. The van der Waals surface area contributed by atoms with Crippen LogP contribution >= 0.6 is 11.3 Å². The number of aromatic nitrogens is 3. The molecule has 0 radical (unpaired) electrons. The van der Waals surface area contributed by atoms with Crippen LogP contribution in [0.3, 0.4) is 0 Å². The lowest BCUT2D eigenvalue weighted by atomic mass is 9.75. The first-order valence-corrected chi connectivity index (χ1v) is 11.9. The Morgan fingerprint density at radius 2 is 1.81 bits per heavy atom. The van der Waals surface area contributed by atoms with Gasteiger partial charge in [0.2, 0.25) is 5.95 Å². The molecule has 2 aromatic heterocycles. The van der Waals surface area contributed by atoms with E-state index in [2.05, 4.69) is 9.97 Å². The highest BCUT2D eigenvalue weighted by molar-refractivity contribution is 7.12. The van der Waals surface area contributed by atoms with E-state index < -0.39 is 22.2 Å². The molecule has 2 aliphatic heterocycles. The summed E-state index contributed by atoms with van der Waals surface area (Å²) >= 11 is 0.588. The van der Waals surface area contributed by atoms with Gasteiger partial charge >= 0.3 is 11.9 Å². The van der Waals surface area contributed by atoms with E-state index in [9.17, 15) is 22.4 Å². The van der Waals surface area contributed by atoms with Crippen molar-refractivity contribution in [2.24, 2.45) is 5.41 Å². The maximum Gasteiger partial charge on any atom is 0.425 e. The van der Waals surface area contributed by atoms with Crippen molar-refractivity contribution < 1.29 is 27.0 Å².